The Hall–Kier alpha value is -0.520. The van der Waals surface area contributed by atoms with Crippen LogP contribution in [-0.4, -0.2) is 26.2 Å². The highest BCUT2D eigenvalue weighted by atomic mass is 32.1. The molecule has 2 nitrogen and oxygen atoms in total. The Morgan fingerprint density at radius 1 is 1.44 bits per heavy atom. The van der Waals surface area contributed by atoms with Crippen molar-refractivity contribution < 1.29 is 13.5 Å². The molecule has 0 aliphatic rings. The van der Waals surface area contributed by atoms with Gasteiger partial charge in [0.05, 0.1) is 0 Å². The summed E-state index contributed by atoms with van der Waals surface area (Å²) in [6, 6.07) is 2.35. The quantitative estimate of drug-likeness (QED) is 0.694. The zero-order chi connectivity index (χ0) is 13.4. The molecule has 0 saturated heterocycles. The maximum Gasteiger partial charge on any atom is 0.261 e. The number of nitrogens with one attached hydrogen (secondary N) is 1. The molecule has 0 aliphatic carbocycles. The van der Waals surface area contributed by atoms with Gasteiger partial charge in [0.1, 0.15) is 6.61 Å². The largest absolute Gasteiger partial charge is 0.375 e. The van der Waals surface area contributed by atoms with Crippen molar-refractivity contribution in [1.29, 1.82) is 0 Å². The molecule has 0 spiro atoms. The van der Waals surface area contributed by atoms with Crippen molar-refractivity contribution in [3.05, 3.63) is 21.9 Å². The fourth-order valence-corrected chi connectivity index (χ4v) is 2.48. The van der Waals surface area contributed by atoms with E-state index in [4.69, 9.17) is 4.74 Å². The van der Waals surface area contributed by atoms with Gasteiger partial charge >= 0.3 is 0 Å². The topological polar surface area (TPSA) is 21.3 Å². The van der Waals surface area contributed by atoms with E-state index in [1.54, 1.807) is 11.3 Å². The average molecular weight is 277 g/mol. The van der Waals surface area contributed by atoms with Gasteiger partial charge in [-0.05, 0) is 43.3 Å². The molecule has 0 bridgehead atoms. The summed E-state index contributed by atoms with van der Waals surface area (Å²) in [5.41, 5.74) is 1.23. The lowest BCUT2D eigenvalue weighted by atomic mass is 10.1. The smallest absolute Gasteiger partial charge is 0.261 e. The first kappa shape index (κ1) is 15.5. The first-order valence-corrected chi connectivity index (χ1v) is 7.15. The standard InChI is InChI=1S/C13H21F2NOS/c1-3-5-16-12(4-6-17-8-13(14)15)11-7-10(2)18-9-11/h7,9,12-13,16H,3-6,8H2,1-2H3. The lowest BCUT2D eigenvalue weighted by molar-refractivity contribution is 0.0144. The van der Waals surface area contributed by atoms with Crippen molar-refractivity contribution >= 4 is 11.3 Å². The van der Waals surface area contributed by atoms with Crippen LogP contribution in [0.5, 0.6) is 0 Å². The van der Waals surface area contributed by atoms with Gasteiger partial charge in [-0.3, -0.25) is 0 Å². The predicted molar refractivity (Wildman–Crippen MR) is 71.5 cm³/mol. The molecule has 1 atom stereocenters. The summed E-state index contributed by atoms with van der Waals surface area (Å²) in [4.78, 5) is 1.27. The molecule has 1 rings (SSSR count). The lowest BCUT2D eigenvalue weighted by Crippen LogP contribution is -2.23. The van der Waals surface area contributed by atoms with Crippen LogP contribution in [0, 0.1) is 6.92 Å². The van der Waals surface area contributed by atoms with E-state index >= 15 is 0 Å². The molecule has 1 heterocycles. The molecule has 1 aromatic rings. The summed E-state index contributed by atoms with van der Waals surface area (Å²) in [6.45, 7) is 4.99. The molecular formula is C13H21F2NOS. The lowest BCUT2D eigenvalue weighted by Gasteiger charge is -2.17. The fraction of sp³-hybridized carbons (Fsp3) is 0.692. The van der Waals surface area contributed by atoms with Gasteiger partial charge in [0.2, 0.25) is 0 Å². The van der Waals surface area contributed by atoms with E-state index in [0.29, 0.717) is 6.61 Å². The van der Waals surface area contributed by atoms with Gasteiger partial charge in [0.15, 0.2) is 0 Å². The highest BCUT2D eigenvalue weighted by molar-refractivity contribution is 7.10. The summed E-state index contributed by atoms with van der Waals surface area (Å²) >= 11 is 1.71. The van der Waals surface area contributed by atoms with E-state index in [1.807, 2.05) is 0 Å². The van der Waals surface area contributed by atoms with E-state index in [0.717, 1.165) is 19.4 Å². The predicted octanol–water partition coefficient (Wildman–Crippen LogP) is 3.77. The molecule has 0 amide bonds. The maximum atomic E-state index is 11.9. The van der Waals surface area contributed by atoms with Crippen LogP contribution in [0.15, 0.2) is 11.4 Å². The summed E-state index contributed by atoms with van der Waals surface area (Å²) in [5.74, 6) is 0. The van der Waals surface area contributed by atoms with Gasteiger partial charge in [-0.1, -0.05) is 6.92 Å². The van der Waals surface area contributed by atoms with Crippen LogP contribution in [0.1, 0.15) is 36.2 Å². The minimum atomic E-state index is -2.38. The SMILES string of the molecule is CCCNC(CCOCC(F)F)c1csc(C)c1. The number of aryl methyl sites for hydroxylation is 1. The molecule has 1 unspecified atom stereocenters. The first-order valence-electron chi connectivity index (χ1n) is 6.27. The Morgan fingerprint density at radius 3 is 2.78 bits per heavy atom. The number of alkyl halides is 2. The number of halogens is 2. The van der Waals surface area contributed by atoms with Crippen LogP contribution in [0.25, 0.3) is 0 Å². The van der Waals surface area contributed by atoms with Crippen LogP contribution in [0.4, 0.5) is 8.78 Å². The normalized spacial score (nSPS) is 13.2. The summed E-state index contributed by atoms with van der Waals surface area (Å²) in [5, 5.41) is 5.55. The first-order chi connectivity index (χ1) is 8.63. The van der Waals surface area contributed by atoms with Crippen LogP contribution in [0.2, 0.25) is 0 Å². The monoisotopic (exact) mass is 277 g/mol. The van der Waals surface area contributed by atoms with E-state index < -0.39 is 13.0 Å². The zero-order valence-corrected chi connectivity index (χ0v) is 11.7. The Bertz CT molecular complexity index is 331. The van der Waals surface area contributed by atoms with Gasteiger partial charge in [-0.25, -0.2) is 8.78 Å². The zero-order valence-electron chi connectivity index (χ0n) is 10.9. The number of ether oxygens (including phenoxy) is 1. The Kier molecular flexibility index (Phi) is 7.39. The maximum absolute atomic E-state index is 11.9. The number of thiophene rings is 1. The second-order valence-corrected chi connectivity index (χ2v) is 5.37. The molecule has 0 aliphatic heterocycles. The highest BCUT2D eigenvalue weighted by Gasteiger charge is 2.12. The molecule has 0 fully saturated rings. The number of hydrogen-bond donors (Lipinski definition) is 1. The molecule has 0 saturated carbocycles. The number of rotatable bonds is 9. The summed E-state index contributed by atoms with van der Waals surface area (Å²) < 4.78 is 28.8. The summed E-state index contributed by atoms with van der Waals surface area (Å²) in [6.07, 6.45) is -0.601. The molecular weight excluding hydrogens is 256 g/mol. The third kappa shape index (κ3) is 5.89. The Labute approximate surface area is 111 Å². The average Bonchev–Trinajstić information content (AvgIpc) is 2.74. The van der Waals surface area contributed by atoms with Crippen molar-refractivity contribution in [2.24, 2.45) is 0 Å². The Morgan fingerprint density at radius 2 is 2.22 bits per heavy atom. The van der Waals surface area contributed by atoms with Crippen molar-refractivity contribution in [1.82, 2.24) is 5.32 Å². The number of hydrogen-bond acceptors (Lipinski definition) is 3. The van der Waals surface area contributed by atoms with Crippen molar-refractivity contribution in [3.8, 4) is 0 Å². The minimum absolute atomic E-state index is 0.201. The molecule has 1 N–H and O–H groups in total. The molecule has 1 aromatic heterocycles. The Balaban J connectivity index is 2.40. The van der Waals surface area contributed by atoms with E-state index in [2.05, 4.69) is 30.6 Å². The third-order valence-electron chi connectivity index (χ3n) is 2.59. The van der Waals surface area contributed by atoms with E-state index in [-0.39, 0.29) is 6.04 Å². The van der Waals surface area contributed by atoms with Crippen molar-refractivity contribution in [3.63, 3.8) is 0 Å². The van der Waals surface area contributed by atoms with Crippen LogP contribution < -0.4 is 5.32 Å². The molecule has 0 aromatic carbocycles. The molecule has 5 heteroatoms. The van der Waals surface area contributed by atoms with Crippen LogP contribution in [-0.2, 0) is 4.74 Å². The van der Waals surface area contributed by atoms with Gasteiger partial charge in [-0.2, -0.15) is 0 Å². The van der Waals surface area contributed by atoms with Crippen LogP contribution >= 0.6 is 11.3 Å². The fourth-order valence-electron chi connectivity index (χ4n) is 1.73. The third-order valence-corrected chi connectivity index (χ3v) is 3.47. The van der Waals surface area contributed by atoms with Gasteiger partial charge in [0, 0.05) is 17.5 Å². The van der Waals surface area contributed by atoms with Crippen LogP contribution in [0.3, 0.4) is 0 Å². The minimum Gasteiger partial charge on any atom is -0.375 e. The van der Waals surface area contributed by atoms with Crippen molar-refractivity contribution in [2.45, 2.75) is 39.2 Å². The van der Waals surface area contributed by atoms with E-state index in [1.165, 1.54) is 10.4 Å². The van der Waals surface area contributed by atoms with Gasteiger partial charge in [-0.15, -0.1) is 11.3 Å². The van der Waals surface area contributed by atoms with Gasteiger partial charge < -0.3 is 10.1 Å². The highest BCUT2D eigenvalue weighted by Crippen LogP contribution is 2.23. The second-order valence-electron chi connectivity index (χ2n) is 4.25. The van der Waals surface area contributed by atoms with Gasteiger partial charge in [0.25, 0.3) is 6.43 Å². The molecule has 104 valence electrons. The van der Waals surface area contributed by atoms with Crippen molar-refractivity contribution in [2.75, 3.05) is 19.8 Å². The summed E-state index contributed by atoms with van der Waals surface area (Å²) in [7, 11) is 0. The second kappa shape index (κ2) is 8.56. The molecule has 0 radical (unpaired) electrons. The molecule has 18 heavy (non-hydrogen) atoms. The van der Waals surface area contributed by atoms with E-state index in [9.17, 15) is 8.78 Å².